The maximum atomic E-state index is 4.84. The predicted octanol–water partition coefficient (Wildman–Crippen LogP) is 7.27. The Morgan fingerprint density at radius 2 is 1.62 bits per heavy atom. The van der Waals surface area contributed by atoms with Crippen LogP contribution in [0.4, 0.5) is 5.82 Å². The maximum absolute atomic E-state index is 4.84. The van der Waals surface area contributed by atoms with Gasteiger partial charge in [-0.3, -0.25) is 5.43 Å². The number of rotatable bonds is 6. The van der Waals surface area contributed by atoms with Crippen molar-refractivity contribution < 1.29 is 0 Å². The number of para-hydroxylation sites is 1. The molecule has 3 aromatic heterocycles. The molecule has 0 unspecified atom stereocenters. The molecule has 0 fully saturated rings. The van der Waals surface area contributed by atoms with Crippen LogP contribution >= 0.6 is 11.3 Å². The summed E-state index contributed by atoms with van der Waals surface area (Å²) in [6, 6.07) is 28.7. The fraction of sp³-hybridized carbons (Fsp3) is 0.0667. The van der Waals surface area contributed by atoms with Crippen molar-refractivity contribution in [2.24, 2.45) is 5.10 Å². The molecule has 1 N–H and O–H groups in total. The number of nitrogens with one attached hydrogen (secondary N) is 1. The second-order valence-electron chi connectivity index (χ2n) is 8.80. The van der Waals surface area contributed by atoms with E-state index in [1.54, 1.807) is 17.6 Å². The summed E-state index contributed by atoms with van der Waals surface area (Å²) in [6.45, 7) is 4.23. The molecule has 0 radical (unpaired) electrons. The summed E-state index contributed by atoms with van der Waals surface area (Å²) >= 11 is 1.65. The fourth-order valence-corrected chi connectivity index (χ4v) is 4.98. The summed E-state index contributed by atoms with van der Waals surface area (Å²) < 4.78 is 1.88. The highest BCUT2D eigenvalue weighted by Crippen LogP contribution is 2.31. The summed E-state index contributed by atoms with van der Waals surface area (Å²) in [6.07, 6.45) is 3.78. The molecule has 7 heteroatoms. The first kappa shape index (κ1) is 22.8. The molecule has 6 aromatic rings. The molecule has 0 amide bonds. The SMILES string of the molecule is Cc1ccc(-c2nnc(N/N=C\c3cn(-c4ccccc4)nc3-c3cccs3)c3ccccc23)cc1C. The van der Waals surface area contributed by atoms with Crippen LogP contribution in [-0.4, -0.2) is 26.2 Å². The first-order chi connectivity index (χ1) is 18.2. The summed E-state index contributed by atoms with van der Waals surface area (Å²) in [5, 5.41) is 22.5. The lowest BCUT2D eigenvalue weighted by molar-refractivity contribution is 0.885. The quantitative estimate of drug-likeness (QED) is 0.193. The topological polar surface area (TPSA) is 68.0 Å². The van der Waals surface area contributed by atoms with Crippen LogP contribution in [-0.2, 0) is 0 Å². The van der Waals surface area contributed by atoms with Crippen LogP contribution in [0.5, 0.6) is 0 Å². The molecule has 0 aliphatic rings. The Labute approximate surface area is 219 Å². The third-order valence-electron chi connectivity index (χ3n) is 6.36. The van der Waals surface area contributed by atoms with Crippen molar-refractivity contribution in [1.29, 1.82) is 0 Å². The van der Waals surface area contributed by atoms with Gasteiger partial charge in [-0.25, -0.2) is 4.68 Å². The van der Waals surface area contributed by atoms with E-state index in [1.165, 1.54) is 11.1 Å². The van der Waals surface area contributed by atoms with Gasteiger partial charge in [-0.2, -0.15) is 10.2 Å². The van der Waals surface area contributed by atoms with Crippen molar-refractivity contribution in [3.8, 4) is 27.5 Å². The molecule has 3 aromatic carbocycles. The van der Waals surface area contributed by atoms with Crippen molar-refractivity contribution >= 4 is 34.1 Å². The van der Waals surface area contributed by atoms with Gasteiger partial charge in [-0.05, 0) is 54.6 Å². The third kappa shape index (κ3) is 4.52. The molecular weight excluding hydrogens is 476 g/mol. The van der Waals surface area contributed by atoms with Gasteiger partial charge in [0.2, 0.25) is 0 Å². The summed E-state index contributed by atoms with van der Waals surface area (Å²) in [4.78, 5) is 1.08. The Bertz CT molecular complexity index is 1720. The van der Waals surface area contributed by atoms with Crippen molar-refractivity contribution in [3.05, 3.63) is 113 Å². The smallest absolute Gasteiger partial charge is 0.176 e. The van der Waals surface area contributed by atoms with Gasteiger partial charge in [0.15, 0.2) is 5.82 Å². The molecule has 0 aliphatic heterocycles. The second-order valence-corrected chi connectivity index (χ2v) is 9.75. The summed E-state index contributed by atoms with van der Waals surface area (Å²) in [5.41, 5.74) is 10.3. The minimum Gasteiger partial charge on any atom is -0.259 e. The zero-order valence-electron chi connectivity index (χ0n) is 20.5. The lowest BCUT2D eigenvalue weighted by Gasteiger charge is -2.10. The molecule has 37 heavy (non-hydrogen) atoms. The monoisotopic (exact) mass is 500 g/mol. The zero-order valence-corrected chi connectivity index (χ0v) is 21.3. The van der Waals surface area contributed by atoms with Crippen LogP contribution in [0, 0.1) is 13.8 Å². The van der Waals surface area contributed by atoms with E-state index in [2.05, 4.69) is 70.3 Å². The molecule has 6 rings (SSSR count). The predicted molar refractivity (Wildman–Crippen MR) is 153 cm³/mol. The molecule has 0 saturated carbocycles. The molecule has 0 bridgehead atoms. The Morgan fingerprint density at radius 3 is 2.41 bits per heavy atom. The van der Waals surface area contributed by atoms with E-state index in [-0.39, 0.29) is 0 Å². The van der Waals surface area contributed by atoms with Crippen molar-refractivity contribution in [2.45, 2.75) is 13.8 Å². The van der Waals surface area contributed by atoms with Gasteiger partial charge in [0, 0.05) is 28.1 Å². The molecule has 0 spiro atoms. The number of hydrogen-bond donors (Lipinski definition) is 1. The van der Waals surface area contributed by atoms with Gasteiger partial charge in [-0.15, -0.1) is 21.5 Å². The third-order valence-corrected chi connectivity index (χ3v) is 7.24. The van der Waals surface area contributed by atoms with E-state index in [9.17, 15) is 0 Å². The number of anilines is 1. The number of hydrazone groups is 1. The number of hydrogen-bond acceptors (Lipinski definition) is 6. The fourth-order valence-electron chi connectivity index (χ4n) is 4.25. The van der Waals surface area contributed by atoms with Gasteiger partial charge in [0.25, 0.3) is 0 Å². The molecule has 180 valence electrons. The van der Waals surface area contributed by atoms with Crippen LogP contribution < -0.4 is 5.43 Å². The summed E-state index contributed by atoms with van der Waals surface area (Å²) in [7, 11) is 0. The van der Waals surface area contributed by atoms with Gasteiger partial charge in [-0.1, -0.05) is 60.7 Å². The highest BCUT2D eigenvalue weighted by Gasteiger charge is 2.13. The van der Waals surface area contributed by atoms with E-state index in [0.717, 1.165) is 43.9 Å². The number of fused-ring (bicyclic) bond motifs is 1. The Kier molecular flexibility index (Phi) is 6.04. The maximum Gasteiger partial charge on any atom is 0.176 e. The minimum atomic E-state index is 0.604. The second kappa shape index (κ2) is 9.79. The number of thiophene rings is 1. The van der Waals surface area contributed by atoms with E-state index in [4.69, 9.17) is 5.10 Å². The van der Waals surface area contributed by atoms with Crippen LogP contribution in [0.25, 0.3) is 38.3 Å². The number of aromatic nitrogens is 4. The number of benzene rings is 3. The van der Waals surface area contributed by atoms with Crippen LogP contribution in [0.3, 0.4) is 0 Å². The van der Waals surface area contributed by atoms with E-state index >= 15 is 0 Å². The van der Waals surface area contributed by atoms with Crippen molar-refractivity contribution in [2.75, 3.05) is 5.43 Å². The highest BCUT2D eigenvalue weighted by atomic mass is 32.1. The first-order valence-electron chi connectivity index (χ1n) is 12.0. The van der Waals surface area contributed by atoms with Crippen molar-refractivity contribution in [3.63, 3.8) is 0 Å². The molecule has 6 nitrogen and oxygen atoms in total. The molecular formula is C30H24N6S. The van der Waals surface area contributed by atoms with Gasteiger partial charge < -0.3 is 0 Å². The van der Waals surface area contributed by atoms with Crippen LogP contribution in [0.2, 0.25) is 0 Å². The average Bonchev–Trinajstić information content (AvgIpc) is 3.61. The first-order valence-corrected chi connectivity index (χ1v) is 12.9. The Balaban J connectivity index is 1.34. The largest absolute Gasteiger partial charge is 0.259 e. The Hall–Kier alpha value is -4.62. The van der Waals surface area contributed by atoms with E-state index in [0.29, 0.717) is 5.82 Å². The highest BCUT2D eigenvalue weighted by molar-refractivity contribution is 7.13. The standard InChI is InChI=1S/C30H24N6S/c1-20-14-15-22(17-21(20)2)28-25-11-6-7-12-26(25)30(34-32-28)33-31-18-23-19-36(24-9-4-3-5-10-24)35-29(23)27-13-8-16-37-27/h3-19H,1-2H3,(H,33,34)/b31-18-. The normalized spacial score (nSPS) is 11.4. The molecule has 0 saturated heterocycles. The number of aryl methyl sites for hydroxylation is 2. The van der Waals surface area contributed by atoms with E-state index < -0.39 is 0 Å². The summed E-state index contributed by atoms with van der Waals surface area (Å²) in [5.74, 6) is 0.604. The lowest BCUT2D eigenvalue weighted by atomic mass is 10.0. The molecule has 0 aliphatic carbocycles. The van der Waals surface area contributed by atoms with Gasteiger partial charge >= 0.3 is 0 Å². The number of nitrogens with zero attached hydrogens (tertiary/aromatic N) is 5. The zero-order chi connectivity index (χ0) is 25.2. The van der Waals surface area contributed by atoms with Gasteiger partial charge in [0.05, 0.1) is 16.8 Å². The minimum absolute atomic E-state index is 0.604. The lowest BCUT2D eigenvalue weighted by Crippen LogP contribution is -1.99. The van der Waals surface area contributed by atoms with Crippen molar-refractivity contribution in [1.82, 2.24) is 20.0 Å². The van der Waals surface area contributed by atoms with Gasteiger partial charge in [0.1, 0.15) is 11.4 Å². The van der Waals surface area contributed by atoms with Crippen LogP contribution in [0.1, 0.15) is 16.7 Å². The van der Waals surface area contributed by atoms with Crippen LogP contribution in [0.15, 0.2) is 102 Å². The molecule has 3 heterocycles. The molecule has 0 atom stereocenters. The average molecular weight is 501 g/mol. The Morgan fingerprint density at radius 1 is 0.811 bits per heavy atom. The van der Waals surface area contributed by atoms with E-state index in [1.807, 2.05) is 65.5 Å².